The molecular weight excluding hydrogens is 611 g/mol. The molecule has 1 aliphatic rings. The number of nitrogens with zero attached hydrogens (tertiary/aromatic N) is 3. The number of nitrogens with two attached hydrogens (primary N) is 1. The number of benzene rings is 2. The average molecular weight is 647 g/mol. The van der Waals surface area contributed by atoms with Crippen LogP contribution in [0.1, 0.15) is 67.9 Å². The third-order valence-electron chi connectivity index (χ3n) is 6.41. The Hall–Kier alpha value is -2.92. The Kier molecular flexibility index (Phi) is 8.62. The zero-order chi connectivity index (χ0) is 27.1. The summed E-state index contributed by atoms with van der Waals surface area (Å²) in [6, 6.07) is 13.9. The number of carbonyl (C=O) groups excluding carboxylic acids is 2. The van der Waals surface area contributed by atoms with E-state index >= 15 is 0 Å². The van der Waals surface area contributed by atoms with Crippen molar-refractivity contribution in [2.45, 2.75) is 52.4 Å². The number of rotatable bonds is 4. The van der Waals surface area contributed by atoms with Gasteiger partial charge in [-0.2, -0.15) is 0 Å². The average Bonchev–Trinajstić information content (AvgIpc) is 3.48. The highest BCUT2D eigenvalue weighted by Crippen LogP contribution is 2.42. The van der Waals surface area contributed by atoms with Gasteiger partial charge in [0, 0.05) is 35.5 Å². The molecule has 2 heterocycles. The number of thiophene rings is 1. The number of amides is 3. The summed E-state index contributed by atoms with van der Waals surface area (Å²) in [5.74, 6) is 0.309. The normalized spacial score (nSPS) is 14.6. The van der Waals surface area contributed by atoms with Gasteiger partial charge in [-0.3, -0.25) is 14.6 Å². The number of hydrogen-bond acceptors (Lipinski definition) is 5. The van der Waals surface area contributed by atoms with Crippen molar-refractivity contribution in [3.63, 3.8) is 0 Å². The molecule has 3 amide bonds. The van der Waals surface area contributed by atoms with Gasteiger partial charge in [0.25, 0.3) is 5.91 Å². The first kappa shape index (κ1) is 29.6. The minimum atomic E-state index is -0.376. The lowest BCUT2D eigenvalue weighted by Crippen LogP contribution is -2.36. The Balaban J connectivity index is 0.00000400. The number of imide groups is 1. The SMILES string of the molecule is CC(C)(C)c1cc(N2CCN(C(=O)c3ccc(N=C(N)c4cccs4)cc3)C2=O)cc(C(C)(C)C)c1O.I. The molecule has 3 aromatic rings. The summed E-state index contributed by atoms with van der Waals surface area (Å²) < 4.78 is 0. The minimum absolute atomic E-state index is 0. The molecule has 0 radical (unpaired) electrons. The van der Waals surface area contributed by atoms with Crippen LogP contribution in [0.2, 0.25) is 0 Å². The van der Waals surface area contributed by atoms with Crippen LogP contribution in [0, 0.1) is 0 Å². The predicted molar refractivity (Wildman–Crippen MR) is 166 cm³/mol. The monoisotopic (exact) mass is 646 g/mol. The summed E-state index contributed by atoms with van der Waals surface area (Å²) >= 11 is 1.51. The van der Waals surface area contributed by atoms with Crippen LogP contribution in [0.25, 0.3) is 0 Å². The number of hydrogen-bond donors (Lipinski definition) is 2. The minimum Gasteiger partial charge on any atom is -0.507 e. The summed E-state index contributed by atoms with van der Waals surface area (Å²) in [6.07, 6.45) is 0. The van der Waals surface area contributed by atoms with Gasteiger partial charge in [-0.1, -0.05) is 47.6 Å². The Bertz CT molecular complexity index is 1320. The third kappa shape index (κ3) is 6.04. The fraction of sp³-hybridized carbons (Fsp3) is 0.345. The topological polar surface area (TPSA) is 99.2 Å². The Morgan fingerprint density at radius 1 is 0.974 bits per heavy atom. The molecule has 9 heteroatoms. The number of phenols is 1. The largest absolute Gasteiger partial charge is 0.507 e. The highest BCUT2D eigenvalue weighted by molar-refractivity contribution is 14.0. The molecule has 0 saturated carbocycles. The smallest absolute Gasteiger partial charge is 0.331 e. The number of phenolic OH excluding ortho intramolecular Hbond substituents is 1. The van der Waals surface area contributed by atoms with Crippen LogP contribution >= 0.6 is 35.3 Å². The van der Waals surface area contributed by atoms with E-state index in [9.17, 15) is 14.7 Å². The predicted octanol–water partition coefficient (Wildman–Crippen LogP) is 6.79. The summed E-state index contributed by atoms with van der Waals surface area (Å²) in [4.78, 5) is 34.8. The van der Waals surface area contributed by atoms with E-state index in [1.807, 2.05) is 71.2 Å². The van der Waals surface area contributed by atoms with Gasteiger partial charge in [-0.15, -0.1) is 35.3 Å². The van der Waals surface area contributed by atoms with Crippen LogP contribution in [0.4, 0.5) is 16.2 Å². The van der Waals surface area contributed by atoms with Crippen LogP contribution < -0.4 is 10.6 Å². The molecular formula is C29H35IN4O3S. The van der Waals surface area contributed by atoms with E-state index in [0.29, 0.717) is 29.3 Å². The standard InChI is InChI=1S/C29H34N4O3S.HI/c1-28(2,3)21-16-20(17-22(24(21)34)29(4,5)6)32-13-14-33(27(32)36)26(35)18-9-11-19(12-10-18)31-25(30)23-8-7-15-37-23;/h7-12,15-17,34H,13-14H2,1-6H3,(H2,30,31);1H. The maximum Gasteiger partial charge on any atom is 0.331 e. The van der Waals surface area contributed by atoms with Gasteiger partial charge < -0.3 is 10.8 Å². The maximum absolute atomic E-state index is 13.4. The molecule has 4 rings (SSSR count). The lowest BCUT2D eigenvalue weighted by molar-refractivity contribution is 0.0830. The van der Waals surface area contributed by atoms with E-state index in [-0.39, 0.29) is 59.0 Å². The van der Waals surface area contributed by atoms with Crippen molar-refractivity contribution < 1.29 is 14.7 Å². The van der Waals surface area contributed by atoms with Gasteiger partial charge >= 0.3 is 6.03 Å². The second-order valence-corrected chi connectivity index (χ2v) is 12.2. The van der Waals surface area contributed by atoms with Crippen molar-refractivity contribution >= 4 is 64.5 Å². The number of amidine groups is 1. The molecule has 1 saturated heterocycles. The van der Waals surface area contributed by atoms with E-state index in [4.69, 9.17) is 5.73 Å². The zero-order valence-corrected chi connectivity index (χ0v) is 25.8. The van der Waals surface area contributed by atoms with Crippen LogP contribution in [0.3, 0.4) is 0 Å². The number of anilines is 1. The van der Waals surface area contributed by atoms with Crippen molar-refractivity contribution in [2.75, 3.05) is 18.0 Å². The number of carbonyl (C=O) groups is 2. The summed E-state index contributed by atoms with van der Waals surface area (Å²) in [5.41, 5.74) is 8.67. The van der Waals surface area contributed by atoms with Gasteiger partial charge in [0.1, 0.15) is 11.6 Å². The lowest BCUT2D eigenvalue weighted by Gasteiger charge is -2.30. The van der Waals surface area contributed by atoms with Crippen molar-refractivity contribution in [3.8, 4) is 5.75 Å². The molecule has 1 aromatic heterocycles. The quantitative estimate of drug-likeness (QED) is 0.185. The van der Waals surface area contributed by atoms with Crippen LogP contribution in [-0.2, 0) is 10.8 Å². The van der Waals surface area contributed by atoms with Crippen molar-refractivity contribution in [3.05, 3.63) is 75.5 Å². The van der Waals surface area contributed by atoms with E-state index in [2.05, 4.69) is 4.99 Å². The molecule has 3 N–H and O–H groups in total. The van der Waals surface area contributed by atoms with Crippen molar-refractivity contribution in [1.82, 2.24) is 4.90 Å². The molecule has 0 spiro atoms. The number of aromatic hydroxyl groups is 1. The van der Waals surface area contributed by atoms with Crippen LogP contribution in [0.15, 0.2) is 58.9 Å². The van der Waals surface area contributed by atoms with E-state index in [0.717, 1.165) is 16.0 Å². The number of aliphatic imine (C=N–C) groups is 1. The number of halogens is 1. The van der Waals surface area contributed by atoms with Crippen LogP contribution in [-0.4, -0.2) is 40.9 Å². The molecule has 0 atom stereocenters. The first-order valence-corrected chi connectivity index (χ1v) is 13.1. The van der Waals surface area contributed by atoms with E-state index < -0.39 is 0 Å². The fourth-order valence-corrected chi connectivity index (χ4v) is 4.96. The molecule has 7 nitrogen and oxygen atoms in total. The van der Waals surface area contributed by atoms with E-state index in [1.54, 1.807) is 29.2 Å². The maximum atomic E-state index is 13.4. The molecule has 0 aliphatic carbocycles. The first-order chi connectivity index (χ1) is 17.3. The lowest BCUT2D eigenvalue weighted by atomic mass is 9.79. The second kappa shape index (κ2) is 11.1. The third-order valence-corrected chi connectivity index (χ3v) is 7.31. The fourth-order valence-electron chi connectivity index (χ4n) is 4.34. The van der Waals surface area contributed by atoms with Gasteiger partial charge in [-0.05, 0) is 58.7 Å². The first-order valence-electron chi connectivity index (χ1n) is 12.3. The zero-order valence-electron chi connectivity index (χ0n) is 22.6. The molecule has 0 unspecified atom stereocenters. The molecule has 1 aliphatic heterocycles. The summed E-state index contributed by atoms with van der Waals surface area (Å²) in [7, 11) is 0. The van der Waals surface area contributed by atoms with Gasteiger partial charge in [0.2, 0.25) is 0 Å². The van der Waals surface area contributed by atoms with Crippen molar-refractivity contribution in [1.29, 1.82) is 0 Å². The van der Waals surface area contributed by atoms with Gasteiger partial charge in [0.15, 0.2) is 0 Å². The van der Waals surface area contributed by atoms with Crippen molar-refractivity contribution in [2.24, 2.45) is 10.7 Å². The van der Waals surface area contributed by atoms with Crippen LogP contribution in [0.5, 0.6) is 5.75 Å². The van der Waals surface area contributed by atoms with Gasteiger partial charge in [0.05, 0.1) is 10.6 Å². The molecule has 2 aromatic carbocycles. The summed E-state index contributed by atoms with van der Waals surface area (Å²) in [6.45, 7) is 12.8. The number of urea groups is 1. The second-order valence-electron chi connectivity index (χ2n) is 11.3. The Morgan fingerprint density at radius 2 is 1.55 bits per heavy atom. The van der Waals surface area contributed by atoms with Gasteiger partial charge in [-0.25, -0.2) is 9.79 Å². The Morgan fingerprint density at radius 3 is 2.05 bits per heavy atom. The highest BCUT2D eigenvalue weighted by Gasteiger charge is 2.36. The Labute approximate surface area is 245 Å². The molecule has 38 heavy (non-hydrogen) atoms. The van der Waals surface area contributed by atoms with E-state index in [1.165, 1.54) is 16.2 Å². The highest BCUT2D eigenvalue weighted by atomic mass is 127. The summed E-state index contributed by atoms with van der Waals surface area (Å²) in [5, 5.41) is 13.0. The molecule has 0 bridgehead atoms. The molecule has 202 valence electrons. The molecule has 1 fully saturated rings.